The predicted molar refractivity (Wildman–Crippen MR) is 98.1 cm³/mol. The summed E-state index contributed by atoms with van der Waals surface area (Å²) in [7, 11) is 0. The maximum absolute atomic E-state index is 12.1. The minimum absolute atomic E-state index is 0.00989. The van der Waals surface area contributed by atoms with E-state index in [0.29, 0.717) is 4.88 Å². The summed E-state index contributed by atoms with van der Waals surface area (Å²) in [5, 5.41) is 14.8. The van der Waals surface area contributed by atoms with Crippen LogP contribution >= 0.6 is 22.7 Å². The van der Waals surface area contributed by atoms with Crippen LogP contribution in [0.25, 0.3) is 9.75 Å². The lowest BCUT2D eigenvalue weighted by Crippen LogP contribution is -2.28. The standard InChI is InChI=1S/C18H14F3NO3S2/c19-18(20,21)25-12-5-3-11(4-6-12)17(24)22-10-13(23)14-7-8-16(27-14)15-2-1-9-26-15/h1-9,13,23H,10H2,(H,22,24)/t13-/m1/s1. The minimum Gasteiger partial charge on any atom is -0.406 e. The van der Waals surface area contributed by atoms with Gasteiger partial charge in [0.05, 0.1) is 0 Å². The van der Waals surface area contributed by atoms with Crippen molar-refractivity contribution in [2.24, 2.45) is 0 Å². The van der Waals surface area contributed by atoms with Gasteiger partial charge in [-0.3, -0.25) is 4.79 Å². The maximum Gasteiger partial charge on any atom is 0.573 e. The van der Waals surface area contributed by atoms with E-state index in [4.69, 9.17) is 0 Å². The molecule has 142 valence electrons. The van der Waals surface area contributed by atoms with Crippen LogP contribution in [-0.4, -0.2) is 23.9 Å². The fourth-order valence-corrected chi connectivity index (χ4v) is 4.11. The van der Waals surface area contributed by atoms with Crippen molar-refractivity contribution >= 4 is 28.6 Å². The molecule has 0 spiro atoms. The lowest BCUT2D eigenvalue weighted by atomic mass is 10.2. The van der Waals surface area contributed by atoms with Gasteiger partial charge in [0.2, 0.25) is 0 Å². The van der Waals surface area contributed by atoms with Crippen LogP contribution in [0.4, 0.5) is 13.2 Å². The molecule has 0 aliphatic carbocycles. The number of nitrogens with one attached hydrogen (secondary N) is 1. The van der Waals surface area contributed by atoms with Gasteiger partial charge in [0.1, 0.15) is 11.9 Å². The zero-order chi connectivity index (χ0) is 19.4. The number of rotatable bonds is 6. The fraction of sp³-hybridized carbons (Fsp3) is 0.167. The molecule has 1 amide bonds. The normalized spacial score (nSPS) is 12.6. The second-order valence-corrected chi connectivity index (χ2v) is 7.54. The van der Waals surface area contributed by atoms with E-state index in [1.807, 2.05) is 23.6 Å². The van der Waals surface area contributed by atoms with Crippen molar-refractivity contribution in [2.45, 2.75) is 12.5 Å². The summed E-state index contributed by atoms with van der Waals surface area (Å²) >= 11 is 3.04. The number of amides is 1. The van der Waals surface area contributed by atoms with Crippen molar-refractivity contribution < 1.29 is 27.8 Å². The number of ether oxygens (including phenoxy) is 1. The lowest BCUT2D eigenvalue weighted by Gasteiger charge is -2.11. The Morgan fingerprint density at radius 1 is 1.11 bits per heavy atom. The number of hydrogen-bond acceptors (Lipinski definition) is 5. The first-order chi connectivity index (χ1) is 12.8. The molecule has 4 nitrogen and oxygen atoms in total. The monoisotopic (exact) mass is 413 g/mol. The number of hydrogen-bond donors (Lipinski definition) is 2. The van der Waals surface area contributed by atoms with Crippen LogP contribution in [0.1, 0.15) is 21.3 Å². The first-order valence-corrected chi connectivity index (χ1v) is 9.47. The quantitative estimate of drug-likeness (QED) is 0.608. The summed E-state index contributed by atoms with van der Waals surface area (Å²) in [4.78, 5) is 14.9. The van der Waals surface area contributed by atoms with Gasteiger partial charge in [-0.15, -0.1) is 35.8 Å². The van der Waals surface area contributed by atoms with E-state index in [-0.39, 0.29) is 12.1 Å². The number of benzene rings is 1. The number of aliphatic hydroxyl groups excluding tert-OH is 1. The van der Waals surface area contributed by atoms with Gasteiger partial charge in [-0.2, -0.15) is 0 Å². The van der Waals surface area contributed by atoms with Gasteiger partial charge in [0.15, 0.2) is 0 Å². The molecule has 2 aromatic heterocycles. The van der Waals surface area contributed by atoms with Crippen LogP contribution in [0.5, 0.6) is 5.75 Å². The van der Waals surface area contributed by atoms with Crippen molar-refractivity contribution in [3.8, 4) is 15.5 Å². The molecule has 2 heterocycles. The molecule has 0 radical (unpaired) electrons. The van der Waals surface area contributed by atoms with Gasteiger partial charge in [-0.05, 0) is 47.8 Å². The van der Waals surface area contributed by atoms with Gasteiger partial charge < -0.3 is 15.2 Å². The Hall–Kier alpha value is -2.36. The highest BCUT2D eigenvalue weighted by Gasteiger charge is 2.31. The summed E-state index contributed by atoms with van der Waals surface area (Å²) in [5.41, 5.74) is 0.169. The molecule has 2 N–H and O–H groups in total. The Morgan fingerprint density at radius 2 is 1.85 bits per heavy atom. The molecule has 0 saturated carbocycles. The summed E-state index contributed by atoms with van der Waals surface area (Å²) in [5.74, 6) is -0.901. The minimum atomic E-state index is -4.78. The Bertz CT molecular complexity index is 889. The Kier molecular flexibility index (Phi) is 5.83. The van der Waals surface area contributed by atoms with Crippen LogP contribution in [0.2, 0.25) is 0 Å². The molecule has 1 aromatic carbocycles. The third-order valence-corrected chi connectivity index (χ3v) is 5.78. The molecule has 0 unspecified atom stereocenters. The Morgan fingerprint density at radius 3 is 2.48 bits per heavy atom. The number of halogens is 3. The smallest absolute Gasteiger partial charge is 0.406 e. The van der Waals surface area contributed by atoms with E-state index < -0.39 is 24.1 Å². The highest BCUT2D eigenvalue weighted by Crippen LogP contribution is 2.33. The van der Waals surface area contributed by atoms with Crippen LogP contribution in [-0.2, 0) is 0 Å². The average molecular weight is 413 g/mol. The Labute approximate surface area is 160 Å². The van der Waals surface area contributed by atoms with Crippen LogP contribution in [0.15, 0.2) is 53.9 Å². The van der Waals surface area contributed by atoms with Crippen molar-refractivity contribution in [3.05, 3.63) is 64.4 Å². The van der Waals surface area contributed by atoms with Gasteiger partial charge in [-0.1, -0.05) is 6.07 Å². The largest absolute Gasteiger partial charge is 0.573 e. The molecule has 0 aliphatic rings. The summed E-state index contributed by atoms with van der Waals surface area (Å²) in [6, 6.07) is 12.2. The fourth-order valence-electron chi connectivity index (χ4n) is 2.28. The molecular formula is C18H14F3NO3S2. The first kappa shape index (κ1) is 19.4. The summed E-state index contributed by atoms with van der Waals surface area (Å²) in [6.45, 7) is -0.00989. The van der Waals surface area contributed by atoms with E-state index >= 15 is 0 Å². The molecule has 0 saturated heterocycles. The second-order valence-electron chi connectivity index (χ2n) is 5.48. The maximum atomic E-state index is 12.1. The van der Waals surface area contributed by atoms with Crippen LogP contribution < -0.4 is 10.1 Å². The molecule has 27 heavy (non-hydrogen) atoms. The molecular weight excluding hydrogens is 399 g/mol. The van der Waals surface area contributed by atoms with Gasteiger partial charge in [0, 0.05) is 26.7 Å². The van der Waals surface area contributed by atoms with E-state index in [1.165, 1.54) is 23.5 Å². The third-order valence-electron chi connectivity index (χ3n) is 3.53. The molecule has 0 aliphatic heterocycles. The second kappa shape index (κ2) is 8.12. The zero-order valence-corrected chi connectivity index (χ0v) is 15.3. The molecule has 1 atom stereocenters. The SMILES string of the molecule is O=C(NC[C@@H](O)c1ccc(-c2cccs2)s1)c1ccc(OC(F)(F)F)cc1. The number of alkyl halides is 3. The van der Waals surface area contributed by atoms with E-state index in [9.17, 15) is 23.1 Å². The predicted octanol–water partition coefficient (Wildman–Crippen LogP) is 4.84. The number of aliphatic hydroxyl groups is 1. The van der Waals surface area contributed by atoms with Crippen molar-refractivity contribution in [1.29, 1.82) is 0 Å². The van der Waals surface area contributed by atoms with Crippen molar-refractivity contribution in [1.82, 2.24) is 5.32 Å². The highest BCUT2D eigenvalue weighted by molar-refractivity contribution is 7.21. The lowest BCUT2D eigenvalue weighted by molar-refractivity contribution is -0.274. The molecule has 0 fully saturated rings. The molecule has 9 heteroatoms. The third kappa shape index (κ3) is 5.31. The zero-order valence-electron chi connectivity index (χ0n) is 13.7. The molecule has 3 rings (SSSR count). The van der Waals surface area contributed by atoms with E-state index in [2.05, 4.69) is 10.1 Å². The highest BCUT2D eigenvalue weighted by atomic mass is 32.1. The number of carbonyl (C=O) groups excluding carboxylic acids is 1. The van der Waals surface area contributed by atoms with Crippen molar-refractivity contribution in [2.75, 3.05) is 6.54 Å². The van der Waals surface area contributed by atoms with Gasteiger partial charge in [-0.25, -0.2) is 0 Å². The van der Waals surface area contributed by atoms with E-state index in [0.717, 1.165) is 21.9 Å². The molecule has 3 aromatic rings. The number of thiophene rings is 2. The van der Waals surface area contributed by atoms with Crippen molar-refractivity contribution in [3.63, 3.8) is 0 Å². The summed E-state index contributed by atoms with van der Waals surface area (Å²) < 4.78 is 40.2. The average Bonchev–Trinajstić information content (AvgIpc) is 3.29. The Balaban J connectivity index is 1.55. The topological polar surface area (TPSA) is 58.6 Å². The van der Waals surface area contributed by atoms with Crippen LogP contribution in [0.3, 0.4) is 0 Å². The first-order valence-electron chi connectivity index (χ1n) is 7.77. The number of carbonyl (C=O) groups is 1. The molecule has 0 bridgehead atoms. The van der Waals surface area contributed by atoms with E-state index in [1.54, 1.807) is 17.4 Å². The van der Waals surface area contributed by atoms with Gasteiger partial charge >= 0.3 is 6.36 Å². The summed E-state index contributed by atoms with van der Waals surface area (Å²) in [6.07, 6.45) is -5.66. The van der Waals surface area contributed by atoms with Crippen LogP contribution in [0, 0.1) is 0 Å². The van der Waals surface area contributed by atoms with Gasteiger partial charge in [0.25, 0.3) is 5.91 Å².